The molecule has 11 nitrogen and oxygen atoms in total. The molecule has 0 aliphatic carbocycles. The van der Waals surface area contributed by atoms with E-state index >= 15 is 0 Å². The largest absolute Gasteiger partial charge is 0.460 e. The van der Waals surface area contributed by atoms with Gasteiger partial charge in [0.2, 0.25) is 0 Å². The average Bonchev–Trinajstić information content (AvgIpc) is 2.37. The lowest BCUT2D eigenvalue weighted by Crippen LogP contribution is -2.31. The number of amides is 1. The van der Waals surface area contributed by atoms with Gasteiger partial charge in [-0.3, -0.25) is 9.13 Å². The topological polar surface area (TPSA) is 180 Å². The molecule has 0 heterocycles. The summed E-state index contributed by atoms with van der Waals surface area (Å²) >= 11 is 0. The van der Waals surface area contributed by atoms with Crippen molar-refractivity contribution in [2.45, 2.75) is 6.92 Å². The molecular formula is C11H21NO10P2. The highest BCUT2D eigenvalue weighted by Crippen LogP contribution is 2.43. The number of carbonyl (C=O) groups is 2. The highest BCUT2D eigenvalue weighted by Gasteiger charge is 2.29. The molecule has 0 aliphatic rings. The van der Waals surface area contributed by atoms with Crippen LogP contribution in [0.15, 0.2) is 12.2 Å². The van der Waals surface area contributed by atoms with Crippen LogP contribution in [0.3, 0.4) is 0 Å². The molecule has 0 bridgehead atoms. The van der Waals surface area contributed by atoms with Gasteiger partial charge in [-0.1, -0.05) is 6.58 Å². The predicted octanol–water partition coefficient (Wildman–Crippen LogP) is -0.197. The maximum absolute atomic E-state index is 11.4. The Morgan fingerprint density at radius 3 is 2.00 bits per heavy atom. The molecule has 0 aromatic carbocycles. The van der Waals surface area contributed by atoms with E-state index in [9.17, 15) is 18.7 Å². The SMILES string of the molecule is C=C(C)C(=O)OCCNC(=O)OCC(CP(=O)(O)O)CP(=O)(O)O. The summed E-state index contributed by atoms with van der Waals surface area (Å²) in [5, 5.41) is 2.20. The second kappa shape index (κ2) is 9.93. The molecule has 0 aliphatic heterocycles. The van der Waals surface area contributed by atoms with E-state index in [0.29, 0.717) is 0 Å². The van der Waals surface area contributed by atoms with Crippen molar-refractivity contribution in [3.05, 3.63) is 12.2 Å². The molecule has 0 aromatic rings. The van der Waals surface area contributed by atoms with Crippen molar-refractivity contribution in [1.29, 1.82) is 0 Å². The van der Waals surface area contributed by atoms with Gasteiger partial charge < -0.3 is 34.4 Å². The number of nitrogens with one attached hydrogen (secondary N) is 1. The lowest BCUT2D eigenvalue weighted by Gasteiger charge is -2.18. The summed E-state index contributed by atoms with van der Waals surface area (Å²) in [5.41, 5.74) is 0.190. The summed E-state index contributed by atoms with van der Waals surface area (Å²) in [7, 11) is -9.07. The standard InChI is InChI=1S/C11H21NO10P2/c1-8(2)10(13)21-4-3-12-11(14)22-5-9(6-23(15,16)17)7-24(18,19)20/h9H,1,3-7H2,2H3,(H,12,14)(H2,15,16,17)(H2,18,19,20). The van der Waals surface area contributed by atoms with Crippen molar-refractivity contribution < 1.29 is 47.8 Å². The third kappa shape index (κ3) is 13.2. The lowest BCUT2D eigenvalue weighted by atomic mass is 10.2. The summed E-state index contributed by atoms with van der Waals surface area (Å²) in [4.78, 5) is 57.9. The third-order valence-electron chi connectivity index (χ3n) is 2.40. The first-order valence-corrected chi connectivity index (χ1v) is 10.2. The summed E-state index contributed by atoms with van der Waals surface area (Å²) < 4.78 is 31.2. The van der Waals surface area contributed by atoms with Crippen molar-refractivity contribution in [1.82, 2.24) is 5.32 Å². The quantitative estimate of drug-likeness (QED) is 0.145. The van der Waals surface area contributed by atoms with E-state index in [4.69, 9.17) is 24.3 Å². The second-order valence-electron chi connectivity index (χ2n) is 5.00. The second-order valence-corrected chi connectivity index (χ2v) is 8.39. The minimum absolute atomic E-state index is 0.0838. The molecule has 1 amide bonds. The van der Waals surface area contributed by atoms with E-state index in [1.807, 2.05) is 0 Å². The molecule has 5 N–H and O–H groups in total. The average molecular weight is 389 g/mol. The Kier molecular flexibility index (Phi) is 9.42. The van der Waals surface area contributed by atoms with Crippen LogP contribution in [0.1, 0.15) is 6.92 Å². The van der Waals surface area contributed by atoms with Crippen molar-refractivity contribution in [3.63, 3.8) is 0 Å². The Balaban J connectivity index is 4.26. The van der Waals surface area contributed by atoms with Crippen molar-refractivity contribution in [3.8, 4) is 0 Å². The predicted molar refractivity (Wildman–Crippen MR) is 82.4 cm³/mol. The van der Waals surface area contributed by atoms with Crippen LogP contribution in [0.4, 0.5) is 4.79 Å². The molecule has 0 saturated heterocycles. The summed E-state index contributed by atoms with van der Waals surface area (Å²) in [6.45, 7) is 4.00. The number of esters is 1. The molecule has 0 saturated carbocycles. The Labute approximate surface area is 138 Å². The summed E-state index contributed by atoms with van der Waals surface area (Å²) in [6, 6.07) is 0. The van der Waals surface area contributed by atoms with Gasteiger partial charge in [-0.05, 0) is 6.92 Å². The number of alkyl carbamates (subject to hydrolysis) is 1. The van der Waals surface area contributed by atoms with Crippen LogP contribution >= 0.6 is 15.2 Å². The van der Waals surface area contributed by atoms with E-state index in [0.717, 1.165) is 0 Å². The Morgan fingerprint density at radius 2 is 1.58 bits per heavy atom. The van der Waals surface area contributed by atoms with Crippen LogP contribution < -0.4 is 5.32 Å². The number of carbonyl (C=O) groups excluding carboxylic acids is 2. The van der Waals surface area contributed by atoms with E-state index < -0.39 is 52.1 Å². The minimum Gasteiger partial charge on any atom is -0.460 e. The van der Waals surface area contributed by atoms with E-state index in [1.54, 1.807) is 0 Å². The lowest BCUT2D eigenvalue weighted by molar-refractivity contribution is -0.138. The van der Waals surface area contributed by atoms with Gasteiger partial charge in [0, 0.05) is 11.5 Å². The van der Waals surface area contributed by atoms with Crippen LogP contribution in [-0.4, -0.2) is 63.7 Å². The maximum atomic E-state index is 11.4. The molecule has 0 radical (unpaired) electrons. The smallest absolute Gasteiger partial charge is 0.407 e. The zero-order chi connectivity index (χ0) is 19.0. The number of ether oxygens (including phenoxy) is 2. The minimum atomic E-state index is -4.54. The van der Waals surface area contributed by atoms with Crippen LogP contribution in [0.2, 0.25) is 0 Å². The van der Waals surface area contributed by atoms with Crippen LogP contribution in [0.5, 0.6) is 0 Å². The molecule has 0 fully saturated rings. The van der Waals surface area contributed by atoms with Gasteiger partial charge in [0.25, 0.3) is 0 Å². The number of rotatable bonds is 10. The Hall–Kier alpha value is -1.22. The fraction of sp³-hybridized carbons (Fsp3) is 0.636. The molecule has 13 heteroatoms. The zero-order valence-electron chi connectivity index (χ0n) is 13.0. The normalized spacial score (nSPS) is 11.9. The Morgan fingerprint density at radius 1 is 1.08 bits per heavy atom. The van der Waals surface area contributed by atoms with Gasteiger partial charge in [0.1, 0.15) is 6.61 Å². The molecule has 0 atom stereocenters. The molecule has 0 rings (SSSR count). The van der Waals surface area contributed by atoms with Crippen LogP contribution in [0.25, 0.3) is 0 Å². The molecule has 0 unspecified atom stereocenters. The highest BCUT2D eigenvalue weighted by atomic mass is 31.2. The van der Waals surface area contributed by atoms with E-state index in [2.05, 4.69) is 16.6 Å². The highest BCUT2D eigenvalue weighted by molar-refractivity contribution is 7.52. The first kappa shape index (κ1) is 22.8. The first-order chi connectivity index (χ1) is 10.8. The number of hydrogen-bond donors (Lipinski definition) is 5. The van der Waals surface area contributed by atoms with Crippen LogP contribution in [0, 0.1) is 5.92 Å². The Bertz CT molecular complexity index is 527. The van der Waals surface area contributed by atoms with Gasteiger partial charge in [-0.2, -0.15) is 0 Å². The molecule has 24 heavy (non-hydrogen) atoms. The van der Waals surface area contributed by atoms with E-state index in [1.165, 1.54) is 6.92 Å². The van der Waals surface area contributed by atoms with Crippen molar-refractivity contribution >= 4 is 27.3 Å². The zero-order valence-corrected chi connectivity index (χ0v) is 14.7. The van der Waals surface area contributed by atoms with Crippen molar-refractivity contribution in [2.75, 3.05) is 32.1 Å². The summed E-state index contributed by atoms with van der Waals surface area (Å²) in [6.07, 6.45) is -2.65. The van der Waals surface area contributed by atoms with Crippen LogP contribution in [-0.2, 0) is 23.4 Å². The van der Waals surface area contributed by atoms with Crippen molar-refractivity contribution in [2.24, 2.45) is 5.92 Å². The van der Waals surface area contributed by atoms with E-state index in [-0.39, 0.29) is 18.7 Å². The number of hydrogen-bond acceptors (Lipinski definition) is 6. The summed E-state index contributed by atoms with van der Waals surface area (Å²) in [5.74, 6) is -1.84. The third-order valence-corrected chi connectivity index (χ3v) is 4.38. The maximum Gasteiger partial charge on any atom is 0.407 e. The monoisotopic (exact) mass is 389 g/mol. The van der Waals surface area contributed by atoms with Gasteiger partial charge in [0.05, 0.1) is 25.5 Å². The first-order valence-electron chi connectivity index (χ1n) is 6.62. The molecular weight excluding hydrogens is 368 g/mol. The fourth-order valence-corrected chi connectivity index (χ4v) is 3.52. The van der Waals surface area contributed by atoms with Gasteiger partial charge in [-0.25, -0.2) is 9.59 Å². The molecule has 0 aromatic heterocycles. The van der Waals surface area contributed by atoms with Gasteiger partial charge in [-0.15, -0.1) is 0 Å². The van der Waals surface area contributed by atoms with Gasteiger partial charge in [0.15, 0.2) is 0 Å². The molecule has 0 spiro atoms. The van der Waals surface area contributed by atoms with Gasteiger partial charge >= 0.3 is 27.3 Å². The fourth-order valence-electron chi connectivity index (χ4n) is 1.50. The molecule has 140 valence electrons.